The lowest BCUT2D eigenvalue weighted by Gasteiger charge is -1.96. The normalized spacial score (nSPS) is 9.62. The van der Waals surface area contributed by atoms with Gasteiger partial charge in [0.15, 0.2) is 12.1 Å². The Labute approximate surface area is 75.4 Å². The zero-order valence-corrected chi connectivity index (χ0v) is 6.92. The molecular formula is C10H8FO2. The summed E-state index contributed by atoms with van der Waals surface area (Å²) in [5.41, 5.74) is 0.427. The van der Waals surface area contributed by atoms with Gasteiger partial charge in [-0.2, -0.15) is 0 Å². The molecule has 0 aliphatic rings. The van der Waals surface area contributed by atoms with Crippen LogP contribution < -0.4 is 0 Å². The quantitative estimate of drug-likeness (QED) is 0.661. The average Bonchev–Trinajstić information content (AvgIpc) is 2.15. The predicted molar refractivity (Wildman–Crippen MR) is 45.7 cm³/mol. The zero-order chi connectivity index (χ0) is 9.68. The van der Waals surface area contributed by atoms with E-state index in [9.17, 15) is 14.0 Å². The van der Waals surface area contributed by atoms with E-state index in [-0.39, 0.29) is 24.4 Å². The van der Waals surface area contributed by atoms with E-state index in [1.165, 1.54) is 24.3 Å². The Hall–Kier alpha value is -1.51. The van der Waals surface area contributed by atoms with E-state index in [0.717, 1.165) is 0 Å². The van der Waals surface area contributed by atoms with Gasteiger partial charge in [0.25, 0.3) is 0 Å². The molecule has 0 atom stereocenters. The van der Waals surface area contributed by atoms with Gasteiger partial charge < -0.3 is 0 Å². The Balaban J connectivity index is 2.66. The Kier molecular flexibility index (Phi) is 3.31. The molecule has 0 amide bonds. The van der Waals surface area contributed by atoms with E-state index in [1.807, 2.05) is 0 Å². The highest BCUT2D eigenvalue weighted by atomic mass is 19.1. The van der Waals surface area contributed by atoms with Gasteiger partial charge in [-0.25, -0.2) is 4.39 Å². The Morgan fingerprint density at radius 3 is 2.46 bits per heavy atom. The minimum absolute atomic E-state index is 0.0935. The van der Waals surface area contributed by atoms with Crippen LogP contribution in [-0.4, -0.2) is 12.1 Å². The van der Waals surface area contributed by atoms with E-state index >= 15 is 0 Å². The lowest BCUT2D eigenvalue weighted by Crippen LogP contribution is -1.98. The van der Waals surface area contributed by atoms with Crippen LogP contribution in [0, 0.1) is 5.82 Å². The lowest BCUT2D eigenvalue weighted by atomic mass is 10.1. The highest BCUT2D eigenvalue weighted by Gasteiger charge is 2.04. The van der Waals surface area contributed by atoms with Crippen LogP contribution in [0.15, 0.2) is 24.3 Å². The van der Waals surface area contributed by atoms with E-state index in [2.05, 4.69) is 0 Å². The van der Waals surface area contributed by atoms with Gasteiger partial charge >= 0.3 is 0 Å². The minimum Gasteiger partial charge on any atom is -0.294 e. The average molecular weight is 179 g/mol. The number of hydrogen-bond acceptors (Lipinski definition) is 2. The van der Waals surface area contributed by atoms with Crippen LogP contribution in [0.5, 0.6) is 0 Å². The van der Waals surface area contributed by atoms with Crippen LogP contribution >= 0.6 is 0 Å². The van der Waals surface area contributed by atoms with Gasteiger partial charge in [-0.1, -0.05) is 0 Å². The molecule has 67 valence electrons. The zero-order valence-electron chi connectivity index (χ0n) is 6.92. The first-order valence-corrected chi connectivity index (χ1v) is 3.88. The van der Waals surface area contributed by atoms with E-state index < -0.39 is 0 Å². The first kappa shape index (κ1) is 9.58. The first-order chi connectivity index (χ1) is 6.24. The highest BCUT2D eigenvalue weighted by molar-refractivity contribution is 5.96. The van der Waals surface area contributed by atoms with Crippen LogP contribution in [0.25, 0.3) is 0 Å². The molecule has 3 heteroatoms. The molecule has 0 heterocycles. The fourth-order valence-electron chi connectivity index (χ4n) is 0.945. The van der Waals surface area contributed by atoms with Crippen LogP contribution in [0.1, 0.15) is 23.2 Å². The summed E-state index contributed by atoms with van der Waals surface area (Å²) in [5.74, 6) is -0.540. The second-order valence-electron chi connectivity index (χ2n) is 2.57. The monoisotopic (exact) mass is 179 g/mol. The predicted octanol–water partition coefficient (Wildman–Crippen LogP) is 1.90. The third kappa shape index (κ3) is 2.78. The van der Waals surface area contributed by atoms with E-state index in [1.54, 1.807) is 6.29 Å². The molecule has 0 N–H and O–H groups in total. The molecule has 0 aliphatic heterocycles. The second kappa shape index (κ2) is 4.50. The van der Waals surface area contributed by atoms with Gasteiger partial charge in [0.2, 0.25) is 0 Å². The molecule has 0 bridgehead atoms. The van der Waals surface area contributed by atoms with Crippen LogP contribution in [0.3, 0.4) is 0 Å². The SMILES string of the molecule is O=[C]CCC(=O)c1ccc(F)cc1. The van der Waals surface area contributed by atoms with E-state index in [4.69, 9.17) is 0 Å². The minimum atomic E-state index is -0.376. The molecule has 1 rings (SSSR count). The van der Waals surface area contributed by atoms with Crippen molar-refractivity contribution in [2.45, 2.75) is 12.8 Å². The van der Waals surface area contributed by atoms with Gasteiger partial charge in [-0.05, 0) is 24.3 Å². The largest absolute Gasteiger partial charge is 0.294 e. The maximum Gasteiger partial charge on any atom is 0.198 e. The third-order valence-electron chi connectivity index (χ3n) is 1.62. The molecule has 0 spiro atoms. The number of rotatable bonds is 4. The van der Waals surface area contributed by atoms with Crippen molar-refractivity contribution in [2.24, 2.45) is 0 Å². The summed E-state index contributed by atoms with van der Waals surface area (Å²) in [6, 6.07) is 5.25. The number of benzene rings is 1. The summed E-state index contributed by atoms with van der Waals surface area (Å²) in [4.78, 5) is 21.1. The summed E-state index contributed by atoms with van der Waals surface area (Å²) < 4.78 is 12.4. The van der Waals surface area contributed by atoms with Crippen molar-refractivity contribution in [3.05, 3.63) is 35.6 Å². The van der Waals surface area contributed by atoms with Crippen LogP contribution in [0.2, 0.25) is 0 Å². The third-order valence-corrected chi connectivity index (χ3v) is 1.62. The molecular weight excluding hydrogens is 171 g/mol. The van der Waals surface area contributed by atoms with Crippen molar-refractivity contribution >= 4 is 12.1 Å². The van der Waals surface area contributed by atoms with Gasteiger partial charge in [-0.3, -0.25) is 9.59 Å². The molecule has 13 heavy (non-hydrogen) atoms. The topological polar surface area (TPSA) is 34.1 Å². The van der Waals surface area contributed by atoms with Gasteiger partial charge in [-0.15, -0.1) is 0 Å². The lowest BCUT2D eigenvalue weighted by molar-refractivity contribution is 0.0984. The maximum absolute atomic E-state index is 12.4. The Bertz CT molecular complexity index is 303. The Morgan fingerprint density at radius 1 is 1.31 bits per heavy atom. The van der Waals surface area contributed by atoms with Crippen molar-refractivity contribution < 1.29 is 14.0 Å². The molecule has 0 aromatic heterocycles. The van der Waals surface area contributed by atoms with Crippen LogP contribution in [-0.2, 0) is 4.79 Å². The van der Waals surface area contributed by atoms with Crippen molar-refractivity contribution in [3.8, 4) is 0 Å². The summed E-state index contributed by atoms with van der Waals surface area (Å²) in [5, 5.41) is 0. The number of hydrogen-bond donors (Lipinski definition) is 0. The smallest absolute Gasteiger partial charge is 0.198 e. The van der Waals surface area contributed by atoms with Gasteiger partial charge in [0, 0.05) is 18.4 Å². The molecule has 0 saturated carbocycles. The molecule has 1 aromatic carbocycles. The molecule has 2 nitrogen and oxygen atoms in total. The second-order valence-corrected chi connectivity index (χ2v) is 2.57. The number of carbonyl (C=O) groups excluding carboxylic acids is 2. The molecule has 0 aliphatic carbocycles. The summed E-state index contributed by atoms with van der Waals surface area (Å²) in [7, 11) is 0. The van der Waals surface area contributed by atoms with Crippen LogP contribution in [0.4, 0.5) is 4.39 Å². The molecule has 0 saturated heterocycles. The van der Waals surface area contributed by atoms with Gasteiger partial charge in [0.1, 0.15) is 5.82 Å². The van der Waals surface area contributed by atoms with Crippen molar-refractivity contribution in [1.82, 2.24) is 0 Å². The molecule has 0 fully saturated rings. The standard InChI is InChI=1S/C10H8FO2/c11-9-5-3-8(4-6-9)10(13)2-1-7-12/h3-6H,1-2H2. The number of Topliss-reactive ketones (excluding diaryl/α,β-unsaturated/α-hetero) is 1. The van der Waals surface area contributed by atoms with Crippen molar-refractivity contribution in [2.75, 3.05) is 0 Å². The Morgan fingerprint density at radius 2 is 1.92 bits per heavy atom. The van der Waals surface area contributed by atoms with E-state index in [0.29, 0.717) is 5.56 Å². The summed E-state index contributed by atoms with van der Waals surface area (Å²) in [6.45, 7) is 0. The van der Waals surface area contributed by atoms with Crippen molar-refractivity contribution in [1.29, 1.82) is 0 Å². The number of carbonyl (C=O) groups is 1. The maximum atomic E-state index is 12.4. The first-order valence-electron chi connectivity index (χ1n) is 3.88. The fraction of sp³-hybridized carbons (Fsp3) is 0.200. The summed E-state index contributed by atoms with van der Waals surface area (Å²) in [6.07, 6.45) is 1.86. The molecule has 0 unspecified atom stereocenters. The number of halogens is 1. The number of ketones is 1. The molecule has 1 aromatic rings. The summed E-state index contributed by atoms with van der Waals surface area (Å²) >= 11 is 0. The fourth-order valence-corrected chi connectivity index (χ4v) is 0.945. The van der Waals surface area contributed by atoms with Crippen molar-refractivity contribution in [3.63, 3.8) is 0 Å². The molecule has 1 radical (unpaired) electrons. The highest BCUT2D eigenvalue weighted by Crippen LogP contribution is 2.06. The van der Waals surface area contributed by atoms with Gasteiger partial charge in [0.05, 0.1) is 0 Å².